The van der Waals surface area contributed by atoms with E-state index in [1.165, 1.54) is 12.1 Å². The molecule has 1 N–H and O–H groups in total. The maximum Gasteiger partial charge on any atom is 0.310 e. The van der Waals surface area contributed by atoms with Crippen LogP contribution in [-0.4, -0.2) is 46.4 Å². The predicted octanol–water partition coefficient (Wildman–Crippen LogP) is 4.40. The van der Waals surface area contributed by atoms with Crippen LogP contribution in [0.25, 0.3) is 10.9 Å². The van der Waals surface area contributed by atoms with Crippen LogP contribution in [-0.2, 0) is 14.3 Å². The number of nitrogens with one attached hydrogen (secondary N) is 1. The molecule has 2 unspecified atom stereocenters. The fourth-order valence-corrected chi connectivity index (χ4v) is 4.60. The SMILES string of the molecule is CCOC(=O)C1CCCN(C(=O)CC(c2cccc([N+](=O)[O-])c2)c2c[nH]c3ccccc23)C1. The number of esters is 1. The molecular weight excluding hydrogens is 422 g/mol. The fraction of sp³-hybridized carbons (Fsp3) is 0.360. The number of hydrogen-bond acceptors (Lipinski definition) is 5. The number of carbonyl (C=O) groups excluding carboxylic acids is 2. The molecule has 0 spiro atoms. The lowest BCUT2D eigenvalue weighted by Crippen LogP contribution is -2.43. The number of aromatic nitrogens is 1. The number of carbonyl (C=O) groups is 2. The summed E-state index contributed by atoms with van der Waals surface area (Å²) in [5, 5.41) is 12.4. The highest BCUT2D eigenvalue weighted by Gasteiger charge is 2.31. The number of amides is 1. The summed E-state index contributed by atoms with van der Waals surface area (Å²) in [7, 11) is 0. The third-order valence-electron chi connectivity index (χ3n) is 6.25. The van der Waals surface area contributed by atoms with E-state index in [2.05, 4.69) is 4.98 Å². The second kappa shape index (κ2) is 9.85. The standard InChI is InChI=1S/C25H27N3O5/c1-2-33-25(30)18-8-6-12-27(16-18)24(29)14-21(17-7-5-9-19(13-17)28(31)32)22-15-26-23-11-4-3-10-20(22)23/h3-5,7,9-11,13,15,18,21,26H,2,6,8,12,14,16H2,1H3. The number of nitro benzene ring substituents is 1. The molecular formula is C25H27N3O5. The van der Waals surface area contributed by atoms with Gasteiger partial charge in [0.15, 0.2) is 0 Å². The zero-order valence-electron chi connectivity index (χ0n) is 18.5. The predicted molar refractivity (Wildman–Crippen MR) is 124 cm³/mol. The Balaban J connectivity index is 1.64. The van der Waals surface area contributed by atoms with Gasteiger partial charge in [0, 0.05) is 54.7 Å². The van der Waals surface area contributed by atoms with Crippen molar-refractivity contribution in [1.29, 1.82) is 0 Å². The minimum atomic E-state index is -0.424. The minimum Gasteiger partial charge on any atom is -0.466 e. The highest BCUT2D eigenvalue weighted by Crippen LogP contribution is 2.35. The normalized spacial score (nSPS) is 17.0. The average Bonchev–Trinajstić information content (AvgIpc) is 3.26. The molecule has 2 aromatic carbocycles. The summed E-state index contributed by atoms with van der Waals surface area (Å²) >= 11 is 0. The number of hydrogen-bond donors (Lipinski definition) is 1. The van der Waals surface area contributed by atoms with E-state index in [-0.39, 0.29) is 35.8 Å². The van der Waals surface area contributed by atoms with Gasteiger partial charge in [0.05, 0.1) is 17.4 Å². The molecule has 1 fully saturated rings. The van der Waals surface area contributed by atoms with Gasteiger partial charge in [0.1, 0.15) is 0 Å². The van der Waals surface area contributed by atoms with Crippen molar-refractivity contribution in [3.05, 3.63) is 76.0 Å². The monoisotopic (exact) mass is 449 g/mol. The lowest BCUT2D eigenvalue weighted by atomic mass is 9.87. The van der Waals surface area contributed by atoms with Crippen LogP contribution in [0, 0.1) is 16.0 Å². The van der Waals surface area contributed by atoms with Crippen molar-refractivity contribution in [2.75, 3.05) is 19.7 Å². The van der Waals surface area contributed by atoms with Gasteiger partial charge in [-0.2, -0.15) is 0 Å². The molecule has 0 saturated carbocycles. The number of ether oxygens (including phenoxy) is 1. The number of benzene rings is 2. The van der Waals surface area contributed by atoms with E-state index in [9.17, 15) is 19.7 Å². The first-order valence-electron chi connectivity index (χ1n) is 11.2. The van der Waals surface area contributed by atoms with E-state index in [1.807, 2.05) is 36.5 Å². The van der Waals surface area contributed by atoms with Crippen molar-refractivity contribution in [3.63, 3.8) is 0 Å². The van der Waals surface area contributed by atoms with Gasteiger partial charge in [0.25, 0.3) is 5.69 Å². The van der Waals surface area contributed by atoms with Gasteiger partial charge >= 0.3 is 5.97 Å². The van der Waals surface area contributed by atoms with E-state index in [4.69, 9.17) is 4.74 Å². The van der Waals surface area contributed by atoms with Gasteiger partial charge < -0.3 is 14.6 Å². The van der Waals surface area contributed by atoms with Crippen LogP contribution >= 0.6 is 0 Å². The molecule has 1 aliphatic rings. The summed E-state index contributed by atoms with van der Waals surface area (Å²) in [6.07, 6.45) is 3.47. The maximum atomic E-state index is 13.4. The number of non-ortho nitro benzene ring substituents is 1. The molecule has 2 atom stereocenters. The molecule has 8 heteroatoms. The largest absolute Gasteiger partial charge is 0.466 e. The summed E-state index contributed by atoms with van der Waals surface area (Å²) in [6.45, 7) is 3.02. The molecule has 1 aromatic heterocycles. The second-order valence-corrected chi connectivity index (χ2v) is 8.33. The number of rotatable bonds is 7. The summed E-state index contributed by atoms with van der Waals surface area (Å²) in [5.41, 5.74) is 2.56. The number of nitro groups is 1. The lowest BCUT2D eigenvalue weighted by Gasteiger charge is -2.32. The maximum absolute atomic E-state index is 13.4. The number of H-pyrrole nitrogens is 1. The third kappa shape index (κ3) is 4.89. The molecule has 0 aliphatic carbocycles. The molecule has 1 saturated heterocycles. The number of likely N-dealkylation sites (tertiary alicyclic amines) is 1. The highest BCUT2D eigenvalue weighted by atomic mass is 16.6. The molecule has 3 aromatic rings. The Labute approximate surface area is 191 Å². The Bertz CT molecular complexity index is 1170. The van der Waals surface area contributed by atoms with E-state index < -0.39 is 4.92 Å². The Morgan fingerprint density at radius 3 is 2.85 bits per heavy atom. The van der Waals surface area contributed by atoms with E-state index in [0.29, 0.717) is 31.7 Å². The lowest BCUT2D eigenvalue weighted by molar-refractivity contribution is -0.384. The smallest absolute Gasteiger partial charge is 0.310 e. The fourth-order valence-electron chi connectivity index (χ4n) is 4.60. The van der Waals surface area contributed by atoms with Crippen LogP contribution in [0.3, 0.4) is 0 Å². The Morgan fingerprint density at radius 2 is 2.06 bits per heavy atom. The first-order chi connectivity index (χ1) is 16.0. The molecule has 1 aliphatic heterocycles. The van der Waals surface area contributed by atoms with Crippen LogP contribution in [0.15, 0.2) is 54.7 Å². The highest BCUT2D eigenvalue weighted by molar-refractivity contribution is 5.86. The average molecular weight is 450 g/mol. The first kappa shape index (κ1) is 22.5. The molecule has 0 bridgehead atoms. The van der Waals surface area contributed by atoms with Crippen molar-refractivity contribution < 1.29 is 19.2 Å². The van der Waals surface area contributed by atoms with Crippen molar-refractivity contribution in [3.8, 4) is 0 Å². The van der Waals surface area contributed by atoms with E-state index in [0.717, 1.165) is 22.9 Å². The first-order valence-corrected chi connectivity index (χ1v) is 11.2. The van der Waals surface area contributed by atoms with Crippen LogP contribution in [0.5, 0.6) is 0 Å². The summed E-state index contributed by atoms with van der Waals surface area (Å²) in [5.74, 6) is -1.02. The van der Waals surface area contributed by atoms with Gasteiger partial charge in [-0.15, -0.1) is 0 Å². The zero-order chi connectivity index (χ0) is 23.4. The minimum absolute atomic E-state index is 0.00913. The number of aromatic amines is 1. The summed E-state index contributed by atoms with van der Waals surface area (Å²) in [6, 6.07) is 14.3. The third-order valence-corrected chi connectivity index (χ3v) is 6.25. The van der Waals surface area contributed by atoms with Gasteiger partial charge in [-0.05, 0) is 37.0 Å². The number of piperidine rings is 1. The van der Waals surface area contributed by atoms with Crippen LogP contribution in [0.2, 0.25) is 0 Å². The van der Waals surface area contributed by atoms with Crippen molar-refractivity contribution >= 4 is 28.5 Å². The van der Waals surface area contributed by atoms with Crippen LogP contribution in [0.1, 0.15) is 43.2 Å². The van der Waals surface area contributed by atoms with Crippen LogP contribution < -0.4 is 0 Å². The van der Waals surface area contributed by atoms with Gasteiger partial charge in [0.2, 0.25) is 5.91 Å². The Hall–Kier alpha value is -3.68. The summed E-state index contributed by atoms with van der Waals surface area (Å²) < 4.78 is 5.16. The number of fused-ring (bicyclic) bond motifs is 1. The molecule has 4 rings (SSSR count). The van der Waals surface area contributed by atoms with E-state index >= 15 is 0 Å². The zero-order valence-corrected chi connectivity index (χ0v) is 18.5. The van der Waals surface area contributed by atoms with Gasteiger partial charge in [-0.1, -0.05) is 30.3 Å². The number of nitrogens with zero attached hydrogens (tertiary/aromatic N) is 2. The van der Waals surface area contributed by atoms with Gasteiger partial charge in [-0.25, -0.2) is 0 Å². The quantitative estimate of drug-likeness (QED) is 0.327. The van der Waals surface area contributed by atoms with Gasteiger partial charge in [-0.3, -0.25) is 19.7 Å². The Kier molecular flexibility index (Phi) is 6.72. The van der Waals surface area contributed by atoms with Crippen molar-refractivity contribution in [2.45, 2.75) is 32.1 Å². The molecule has 33 heavy (non-hydrogen) atoms. The second-order valence-electron chi connectivity index (χ2n) is 8.33. The molecule has 0 radical (unpaired) electrons. The topological polar surface area (TPSA) is 106 Å². The van der Waals surface area contributed by atoms with E-state index in [1.54, 1.807) is 17.9 Å². The van der Waals surface area contributed by atoms with Crippen molar-refractivity contribution in [2.24, 2.45) is 5.92 Å². The molecule has 172 valence electrons. The summed E-state index contributed by atoms with van der Waals surface area (Å²) in [4.78, 5) is 41.5. The molecule has 8 nitrogen and oxygen atoms in total. The van der Waals surface area contributed by atoms with Crippen LogP contribution in [0.4, 0.5) is 5.69 Å². The molecule has 2 heterocycles. The molecule has 1 amide bonds. The Morgan fingerprint density at radius 1 is 1.24 bits per heavy atom. The van der Waals surface area contributed by atoms with Crippen molar-refractivity contribution in [1.82, 2.24) is 9.88 Å². The number of para-hydroxylation sites is 1.